The fraction of sp³-hybridized carbons (Fsp3) is 0.524. The molecule has 0 bridgehead atoms. The molecule has 0 unspecified atom stereocenters. The van der Waals surface area contributed by atoms with E-state index < -0.39 is 36.6 Å². The summed E-state index contributed by atoms with van der Waals surface area (Å²) in [5, 5.41) is 2.83. The van der Waals surface area contributed by atoms with Crippen LogP contribution in [-0.2, 0) is 19.1 Å². The van der Waals surface area contributed by atoms with Crippen LogP contribution >= 0.6 is 0 Å². The number of nitrogens with zero attached hydrogens (tertiary/aromatic N) is 4. The van der Waals surface area contributed by atoms with Crippen molar-refractivity contribution >= 4 is 35.1 Å². The summed E-state index contributed by atoms with van der Waals surface area (Å²) in [6.45, 7) is 1.19. The second-order valence-electron chi connectivity index (χ2n) is 8.08. The minimum absolute atomic E-state index is 0.0198. The first kappa shape index (κ1) is 22.9. The number of halogens is 3. The molecule has 1 atom stereocenters. The van der Waals surface area contributed by atoms with E-state index in [1.54, 1.807) is 11.0 Å². The molecule has 1 aromatic rings. The number of cyclic esters (lactones) is 1. The van der Waals surface area contributed by atoms with Gasteiger partial charge in [-0.15, -0.1) is 0 Å². The molecule has 0 spiro atoms. The number of carbonyl (C=O) groups is 4. The molecule has 0 saturated carbocycles. The monoisotopic (exact) mass is 468 g/mol. The number of anilines is 2. The van der Waals surface area contributed by atoms with Crippen LogP contribution in [0.2, 0.25) is 0 Å². The van der Waals surface area contributed by atoms with Gasteiger partial charge in [-0.2, -0.15) is 0 Å². The van der Waals surface area contributed by atoms with Crippen molar-refractivity contribution in [3.8, 4) is 0 Å². The highest BCUT2D eigenvalue weighted by atomic mass is 19.3. The Kier molecular flexibility index (Phi) is 6.43. The summed E-state index contributed by atoms with van der Waals surface area (Å²) in [5.41, 5.74) is 0.511. The van der Waals surface area contributed by atoms with Gasteiger partial charge in [0.1, 0.15) is 11.9 Å². The molecule has 3 aliphatic rings. The van der Waals surface area contributed by atoms with E-state index in [4.69, 9.17) is 4.74 Å². The topological polar surface area (TPSA) is 90.5 Å². The van der Waals surface area contributed by atoms with Gasteiger partial charge in [-0.3, -0.25) is 19.3 Å². The van der Waals surface area contributed by atoms with Crippen molar-refractivity contribution in [2.24, 2.45) is 0 Å². The molecule has 0 radical (unpaired) electrons. The van der Waals surface area contributed by atoms with E-state index in [2.05, 4.69) is 0 Å². The van der Waals surface area contributed by atoms with Gasteiger partial charge in [-0.25, -0.2) is 28.0 Å². The fourth-order valence-electron chi connectivity index (χ4n) is 4.23. The maximum atomic E-state index is 15.0. The van der Waals surface area contributed by atoms with E-state index in [1.165, 1.54) is 27.1 Å². The number of alkyl halides is 2. The van der Waals surface area contributed by atoms with Gasteiger partial charge in [0.15, 0.2) is 5.78 Å². The average Bonchev–Trinajstić information content (AvgIpc) is 3.00. The second-order valence-corrected chi connectivity index (χ2v) is 8.08. The summed E-state index contributed by atoms with van der Waals surface area (Å²) in [7, 11) is 0. The Balaban J connectivity index is 1.42. The van der Waals surface area contributed by atoms with E-state index in [1.807, 2.05) is 0 Å². The van der Waals surface area contributed by atoms with Crippen LogP contribution in [0.5, 0.6) is 0 Å². The normalized spacial score (nSPS) is 21.5. The molecule has 3 aliphatic heterocycles. The zero-order valence-corrected chi connectivity index (χ0v) is 17.7. The number of ketones is 1. The van der Waals surface area contributed by atoms with Crippen LogP contribution in [0.3, 0.4) is 0 Å². The number of carbonyl (C=O) groups excluding carboxylic acids is 4. The molecule has 0 aromatic heterocycles. The van der Waals surface area contributed by atoms with Crippen LogP contribution in [0.25, 0.3) is 0 Å². The summed E-state index contributed by atoms with van der Waals surface area (Å²) in [6.07, 6.45) is -4.66. The maximum Gasteiger partial charge on any atom is 0.414 e. The number of ether oxygens (including phenoxy) is 1. The van der Waals surface area contributed by atoms with Gasteiger partial charge in [0.25, 0.3) is 6.43 Å². The van der Waals surface area contributed by atoms with Crippen molar-refractivity contribution in [1.29, 1.82) is 0 Å². The first-order chi connectivity index (χ1) is 15.7. The first-order valence-electron chi connectivity index (χ1n) is 10.7. The molecular weight excluding hydrogens is 445 g/mol. The van der Waals surface area contributed by atoms with Gasteiger partial charge in [-0.05, 0) is 24.6 Å². The molecule has 3 saturated heterocycles. The van der Waals surface area contributed by atoms with Gasteiger partial charge in [0, 0.05) is 32.4 Å². The zero-order valence-electron chi connectivity index (χ0n) is 17.7. The molecule has 3 amide bonds. The quantitative estimate of drug-likeness (QED) is 0.634. The number of amides is 3. The summed E-state index contributed by atoms with van der Waals surface area (Å²) >= 11 is 0. The molecule has 0 N–H and O–H groups in total. The van der Waals surface area contributed by atoms with Crippen molar-refractivity contribution in [3.05, 3.63) is 24.0 Å². The van der Waals surface area contributed by atoms with Crippen molar-refractivity contribution in [2.45, 2.75) is 38.2 Å². The van der Waals surface area contributed by atoms with E-state index in [9.17, 15) is 28.0 Å². The van der Waals surface area contributed by atoms with Crippen LogP contribution in [0.4, 0.5) is 29.3 Å². The average molecular weight is 468 g/mol. The molecule has 12 heteroatoms. The lowest BCUT2D eigenvalue weighted by atomic mass is 10.1. The van der Waals surface area contributed by atoms with Crippen molar-refractivity contribution in [1.82, 2.24) is 10.0 Å². The molecule has 3 fully saturated rings. The van der Waals surface area contributed by atoms with Crippen molar-refractivity contribution in [2.75, 3.05) is 42.5 Å². The predicted octanol–water partition coefficient (Wildman–Crippen LogP) is 1.95. The van der Waals surface area contributed by atoms with E-state index in [0.717, 1.165) is 0 Å². The highest BCUT2D eigenvalue weighted by molar-refractivity contribution is 5.90. The predicted molar refractivity (Wildman–Crippen MR) is 109 cm³/mol. The number of hydrogen-bond donors (Lipinski definition) is 0. The lowest BCUT2D eigenvalue weighted by molar-refractivity contribution is -0.169. The van der Waals surface area contributed by atoms with Gasteiger partial charge in [0.2, 0.25) is 11.8 Å². The molecule has 178 valence electrons. The lowest BCUT2D eigenvalue weighted by Crippen LogP contribution is -2.53. The van der Waals surface area contributed by atoms with Crippen LogP contribution < -0.4 is 9.80 Å². The number of rotatable bonds is 6. The van der Waals surface area contributed by atoms with Crippen LogP contribution in [-0.4, -0.2) is 79.0 Å². The third-order valence-corrected chi connectivity index (χ3v) is 6.00. The number of hydrazine groups is 1. The molecule has 0 aliphatic carbocycles. The van der Waals surface area contributed by atoms with E-state index >= 15 is 4.39 Å². The Bertz CT molecular complexity index is 949. The molecule has 3 heterocycles. The van der Waals surface area contributed by atoms with Gasteiger partial charge in [-0.1, -0.05) is 0 Å². The Morgan fingerprint density at radius 3 is 2.24 bits per heavy atom. The Labute approximate surface area is 187 Å². The highest BCUT2D eigenvalue weighted by Gasteiger charge is 2.35. The van der Waals surface area contributed by atoms with Crippen LogP contribution in [0.1, 0.15) is 25.7 Å². The number of Topliss-reactive ketones (excluding diaryl/α,β-unsaturated/α-hetero) is 1. The summed E-state index contributed by atoms with van der Waals surface area (Å²) in [6, 6.07) is 4.23. The third kappa shape index (κ3) is 4.74. The number of benzene rings is 1. The zero-order chi connectivity index (χ0) is 23.7. The third-order valence-electron chi connectivity index (χ3n) is 6.00. The summed E-state index contributed by atoms with van der Waals surface area (Å²) in [5.74, 6) is -2.08. The van der Waals surface area contributed by atoms with Crippen LogP contribution in [0.15, 0.2) is 18.2 Å². The van der Waals surface area contributed by atoms with E-state index in [0.29, 0.717) is 13.1 Å². The number of fused-ring (bicyclic) bond motifs is 1. The molecular formula is C21H23F3N4O5. The Morgan fingerprint density at radius 1 is 1.03 bits per heavy atom. The minimum Gasteiger partial charge on any atom is -0.444 e. The van der Waals surface area contributed by atoms with E-state index in [-0.39, 0.29) is 62.1 Å². The molecule has 1 aromatic carbocycles. The largest absolute Gasteiger partial charge is 0.444 e. The van der Waals surface area contributed by atoms with Crippen LogP contribution in [0, 0.1) is 5.82 Å². The lowest BCUT2D eigenvalue weighted by Gasteiger charge is -2.36. The maximum absolute atomic E-state index is 15.0. The highest BCUT2D eigenvalue weighted by Crippen LogP contribution is 2.30. The minimum atomic E-state index is -3.06. The molecule has 4 rings (SSSR count). The standard InChI is InChI=1S/C21H23F3N4O5/c22-15-11-13(26-12-14(33-21(26)32)2-4-17(29)20(23)24)1-3-16(15)25-7-9-27-18(30)5-6-19(31)28(27)10-8-25/h1,3,11,14,20H,2,4-10,12H2/t14-/m0/s1. The Morgan fingerprint density at radius 2 is 1.67 bits per heavy atom. The molecule has 33 heavy (non-hydrogen) atoms. The van der Waals surface area contributed by atoms with Gasteiger partial charge < -0.3 is 9.64 Å². The summed E-state index contributed by atoms with van der Waals surface area (Å²) in [4.78, 5) is 50.5. The van der Waals surface area contributed by atoms with Crippen molar-refractivity contribution in [3.63, 3.8) is 0 Å². The van der Waals surface area contributed by atoms with Crippen molar-refractivity contribution < 1.29 is 37.1 Å². The fourth-order valence-corrected chi connectivity index (χ4v) is 4.23. The first-order valence-corrected chi connectivity index (χ1v) is 10.7. The summed E-state index contributed by atoms with van der Waals surface area (Å²) < 4.78 is 44.8. The Hall–Kier alpha value is -3.31. The SMILES string of the molecule is O=C(CC[C@H]1CN(c2ccc(N3CCN4C(=O)CCC(=O)N4CC3)c(F)c2)C(=O)O1)C(F)F. The second kappa shape index (κ2) is 9.28. The smallest absolute Gasteiger partial charge is 0.414 e. The number of hydrogen-bond acceptors (Lipinski definition) is 6. The van der Waals surface area contributed by atoms with Gasteiger partial charge >= 0.3 is 6.09 Å². The van der Waals surface area contributed by atoms with Gasteiger partial charge in [0.05, 0.1) is 31.0 Å². The molecule has 9 nitrogen and oxygen atoms in total.